The van der Waals surface area contributed by atoms with Gasteiger partial charge in [-0.15, -0.1) is 0 Å². The lowest BCUT2D eigenvalue weighted by Crippen LogP contribution is -2.50. The number of rotatable bonds is 6. The van der Waals surface area contributed by atoms with Crippen LogP contribution in [0.25, 0.3) is 6.08 Å². The second kappa shape index (κ2) is 8.00. The van der Waals surface area contributed by atoms with Gasteiger partial charge in [-0.2, -0.15) is 4.57 Å². The highest BCUT2D eigenvalue weighted by molar-refractivity contribution is 7.08. The molecular formula is C20H23N2O4S+. The molecule has 0 spiro atoms. The summed E-state index contributed by atoms with van der Waals surface area (Å²) in [5.41, 5.74) is 0.544. The Kier molecular flexibility index (Phi) is 5.70. The van der Waals surface area contributed by atoms with E-state index >= 15 is 0 Å². The van der Waals surface area contributed by atoms with E-state index in [1.807, 2.05) is 10.6 Å². The van der Waals surface area contributed by atoms with Gasteiger partial charge in [0.2, 0.25) is 9.75 Å². The minimum absolute atomic E-state index is 0.0433. The van der Waals surface area contributed by atoms with Crippen LogP contribution in [-0.4, -0.2) is 10.0 Å². The Morgan fingerprint density at radius 1 is 1.41 bits per heavy atom. The van der Waals surface area contributed by atoms with Crippen LogP contribution in [0.4, 0.5) is 5.69 Å². The number of allylic oxidation sites excluding steroid dienone is 1. The minimum atomic E-state index is -0.374. The molecule has 1 N–H and O–H groups in total. The van der Waals surface area contributed by atoms with Gasteiger partial charge in [-0.25, -0.2) is 0 Å². The zero-order valence-electron chi connectivity index (χ0n) is 15.3. The monoisotopic (exact) mass is 387 g/mol. The summed E-state index contributed by atoms with van der Waals surface area (Å²) in [6.07, 6.45) is 8.15. The number of benzene rings is 1. The smallest absolute Gasteiger partial charge is 0.371 e. The highest BCUT2D eigenvalue weighted by atomic mass is 32.1. The van der Waals surface area contributed by atoms with Crippen LogP contribution in [0, 0.1) is 10.1 Å². The highest BCUT2D eigenvalue weighted by Gasteiger charge is 2.43. The first-order valence-corrected chi connectivity index (χ1v) is 9.96. The van der Waals surface area contributed by atoms with Crippen LogP contribution in [0.1, 0.15) is 49.6 Å². The Balaban J connectivity index is 1.82. The van der Waals surface area contributed by atoms with E-state index in [1.54, 1.807) is 24.3 Å². The molecule has 0 saturated heterocycles. The highest BCUT2D eigenvalue weighted by Crippen LogP contribution is 2.40. The summed E-state index contributed by atoms with van der Waals surface area (Å²) >= 11 is 1.22. The zero-order valence-corrected chi connectivity index (χ0v) is 16.1. The molecule has 1 aliphatic heterocycles. The Morgan fingerprint density at radius 3 is 2.93 bits per heavy atom. The number of para-hydroxylation sites is 1. The van der Waals surface area contributed by atoms with Crippen molar-refractivity contribution in [3.63, 3.8) is 0 Å². The van der Waals surface area contributed by atoms with Gasteiger partial charge in [0.05, 0.1) is 15.9 Å². The Bertz CT molecular complexity index is 938. The summed E-state index contributed by atoms with van der Waals surface area (Å²) in [5.74, 6) is 0.0433. The molecule has 0 fully saturated rings. The summed E-state index contributed by atoms with van der Waals surface area (Å²) < 4.78 is 1.74. The molecule has 1 aromatic carbocycles. The van der Waals surface area contributed by atoms with Crippen LogP contribution >= 0.6 is 11.3 Å². The zero-order chi connectivity index (χ0) is 19.4. The van der Waals surface area contributed by atoms with E-state index in [4.69, 9.17) is 0 Å². The molecule has 0 aliphatic carbocycles. The average molecular weight is 387 g/mol. The lowest BCUT2D eigenvalue weighted by Gasteiger charge is -2.32. The van der Waals surface area contributed by atoms with Crippen molar-refractivity contribution in [2.24, 2.45) is 0 Å². The number of hydrogen-bond donors (Lipinski definition) is 1. The van der Waals surface area contributed by atoms with Crippen LogP contribution in [-0.2, 0) is 12.0 Å². The second-order valence-corrected chi connectivity index (χ2v) is 7.87. The normalized spacial score (nSPS) is 19.1. The molecule has 27 heavy (non-hydrogen) atoms. The first-order valence-electron chi connectivity index (χ1n) is 9.14. The maximum atomic E-state index is 11.9. The third-order valence-corrected chi connectivity index (χ3v) is 6.52. The van der Waals surface area contributed by atoms with E-state index in [0.29, 0.717) is 5.56 Å². The Hall–Kier alpha value is -2.54. The number of aromatic hydroxyl groups is 1. The van der Waals surface area contributed by atoms with Gasteiger partial charge in [-0.3, -0.25) is 14.9 Å². The number of nitro groups is 1. The molecule has 1 unspecified atom stereocenters. The van der Waals surface area contributed by atoms with E-state index in [1.165, 1.54) is 23.5 Å². The molecule has 2 heterocycles. The molecular weight excluding hydrogens is 364 g/mol. The van der Waals surface area contributed by atoms with Crippen LogP contribution in [0.5, 0.6) is 5.88 Å². The van der Waals surface area contributed by atoms with Gasteiger partial charge in [0, 0.05) is 12.5 Å². The minimum Gasteiger partial charge on any atom is -0.460 e. The number of aromatic nitrogens is 1. The van der Waals surface area contributed by atoms with Gasteiger partial charge in [-0.05, 0) is 43.1 Å². The topological polar surface area (TPSA) is 84.3 Å². The quantitative estimate of drug-likeness (QED) is 0.462. The van der Waals surface area contributed by atoms with E-state index in [2.05, 4.69) is 6.92 Å². The van der Waals surface area contributed by atoms with Crippen molar-refractivity contribution in [1.82, 2.24) is 0 Å². The largest absolute Gasteiger partial charge is 0.460 e. The fourth-order valence-corrected chi connectivity index (χ4v) is 5.08. The van der Waals surface area contributed by atoms with E-state index in [9.17, 15) is 20.0 Å². The van der Waals surface area contributed by atoms with Gasteiger partial charge in [0.15, 0.2) is 6.54 Å². The van der Waals surface area contributed by atoms with Crippen LogP contribution in [0.2, 0.25) is 0 Å². The summed E-state index contributed by atoms with van der Waals surface area (Å²) in [5, 5.41) is 22.2. The molecule has 6 nitrogen and oxygen atoms in total. The molecule has 1 atom stereocenters. The molecule has 142 valence electrons. The van der Waals surface area contributed by atoms with Gasteiger partial charge >= 0.3 is 5.88 Å². The summed E-state index contributed by atoms with van der Waals surface area (Å²) in [6.45, 7) is 2.84. The van der Waals surface area contributed by atoms with Crippen LogP contribution < -0.4 is 9.31 Å². The van der Waals surface area contributed by atoms with Crippen molar-refractivity contribution in [3.05, 3.63) is 66.6 Å². The van der Waals surface area contributed by atoms with Gasteiger partial charge in [-0.1, -0.05) is 31.2 Å². The predicted molar refractivity (Wildman–Crippen MR) is 105 cm³/mol. The van der Waals surface area contributed by atoms with Crippen molar-refractivity contribution in [2.45, 2.75) is 51.0 Å². The molecule has 3 rings (SSSR count). The van der Waals surface area contributed by atoms with Crippen molar-refractivity contribution in [3.8, 4) is 5.88 Å². The molecule has 0 radical (unpaired) electrons. The first-order chi connectivity index (χ1) is 13.0. The summed E-state index contributed by atoms with van der Waals surface area (Å²) in [4.78, 5) is 22.7. The molecule has 0 saturated carbocycles. The molecule has 0 bridgehead atoms. The Morgan fingerprint density at radius 2 is 2.19 bits per heavy atom. The van der Waals surface area contributed by atoms with Crippen molar-refractivity contribution in [1.29, 1.82) is 0 Å². The van der Waals surface area contributed by atoms with Gasteiger partial charge in [0.1, 0.15) is 6.07 Å². The fraction of sp³-hybridized carbons (Fsp3) is 0.400. The lowest BCUT2D eigenvalue weighted by molar-refractivity contribution is -0.716. The van der Waals surface area contributed by atoms with Crippen molar-refractivity contribution < 1.29 is 14.6 Å². The number of hydrogen-bond acceptors (Lipinski definition) is 5. The fourth-order valence-electron chi connectivity index (χ4n) is 3.86. The average Bonchev–Trinajstić information content (AvgIpc) is 2.65. The van der Waals surface area contributed by atoms with Crippen LogP contribution in [0.15, 0.2) is 41.2 Å². The van der Waals surface area contributed by atoms with E-state index < -0.39 is 0 Å². The second-order valence-electron chi connectivity index (χ2n) is 6.87. The van der Waals surface area contributed by atoms with Gasteiger partial charge < -0.3 is 5.11 Å². The molecule has 0 amide bonds. The Labute approximate surface area is 161 Å². The lowest BCUT2D eigenvalue weighted by atomic mass is 9.75. The predicted octanol–water partition coefficient (Wildman–Crippen LogP) is 3.94. The SMILES string of the molecule is CCC1(CC/C=C/c2ccccc2[N+](=O)[O-])CCC[n+]2c(O)cc(=O)sc21. The third kappa shape index (κ3) is 3.93. The molecule has 7 heteroatoms. The van der Waals surface area contributed by atoms with Gasteiger partial charge in [0.25, 0.3) is 5.69 Å². The van der Waals surface area contributed by atoms with E-state index in [-0.39, 0.29) is 26.6 Å². The van der Waals surface area contributed by atoms with E-state index in [0.717, 1.165) is 43.7 Å². The van der Waals surface area contributed by atoms with Crippen molar-refractivity contribution in [2.75, 3.05) is 0 Å². The number of nitrogens with zero attached hydrogens (tertiary/aromatic N) is 2. The number of nitro benzene ring substituents is 1. The number of fused-ring (bicyclic) bond motifs is 1. The molecule has 2 aromatic rings. The first kappa shape index (κ1) is 19.2. The van der Waals surface area contributed by atoms with Crippen molar-refractivity contribution >= 4 is 23.1 Å². The standard InChI is InChI=1S/C20H22N2O4S/c1-2-20(12-7-13-21-17(23)14-18(24)27-19(20)21)11-6-5-9-15-8-3-4-10-16(15)22(25)26/h3-5,8-10,14H,2,6-7,11-13H2,1H3/p+1/b9-5+. The molecule has 1 aliphatic rings. The molecule has 1 aromatic heterocycles. The maximum Gasteiger partial charge on any atom is 0.371 e. The summed E-state index contributed by atoms with van der Waals surface area (Å²) in [6, 6.07) is 7.97. The summed E-state index contributed by atoms with van der Waals surface area (Å²) in [7, 11) is 0. The third-order valence-electron chi connectivity index (χ3n) is 5.35. The van der Waals surface area contributed by atoms with Crippen LogP contribution in [0.3, 0.4) is 0 Å². The maximum absolute atomic E-state index is 11.9.